The summed E-state index contributed by atoms with van der Waals surface area (Å²) < 4.78 is 13.7. The van der Waals surface area contributed by atoms with Gasteiger partial charge in [0.1, 0.15) is 20.6 Å². The van der Waals surface area contributed by atoms with Crippen molar-refractivity contribution in [1.82, 2.24) is 19.3 Å². The van der Waals surface area contributed by atoms with Gasteiger partial charge in [0.2, 0.25) is 0 Å². The molecule has 7 nitrogen and oxygen atoms in total. The quantitative estimate of drug-likeness (QED) is 0.611. The van der Waals surface area contributed by atoms with Crippen molar-refractivity contribution in [2.24, 2.45) is 0 Å². The third kappa shape index (κ3) is 3.91. The number of carbonyl (C=O) groups is 1. The molecule has 142 valence electrons. The van der Waals surface area contributed by atoms with E-state index in [1.807, 2.05) is 31.4 Å². The molecule has 1 saturated heterocycles. The lowest BCUT2D eigenvalue weighted by Crippen LogP contribution is -2.41. The van der Waals surface area contributed by atoms with Crippen LogP contribution in [0.2, 0.25) is 5.15 Å². The van der Waals surface area contributed by atoms with E-state index in [1.54, 1.807) is 18.2 Å². The van der Waals surface area contributed by atoms with Crippen molar-refractivity contribution in [3.8, 4) is 0 Å². The second kappa shape index (κ2) is 7.47. The van der Waals surface area contributed by atoms with Gasteiger partial charge in [0.05, 0.1) is 12.6 Å². The van der Waals surface area contributed by atoms with Crippen molar-refractivity contribution in [1.29, 1.82) is 0 Å². The molecule has 2 aromatic rings. The van der Waals surface area contributed by atoms with Crippen molar-refractivity contribution < 1.29 is 14.3 Å². The maximum atomic E-state index is 12.6. The van der Waals surface area contributed by atoms with E-state index in [4.69, 9.17) is 26.1 Å². The first-order valence-corrected chi connectivity index (χ1v) is 9.83. The number of methoxy groups -OCH3 is 1. The Hall–Kier alpha value is -1.13. The number of aromatic nitrogens is 3. The topological polar surface area (TPSA) is 69.0 Å². The van der Waals surface area contributed by atoms with E-state index in [0.29, 0.717) is 18.3 Å². The Morgan fingerprint density at radius 2 is 2.19 bits per heavy atom. The van der Waals surface area contributed by atoms with Gasteiger partial charge in [-0.05, 0) is 49.8 Å². The largest absolute Gasteiger partial charge is 0.444 e. The molecule has 3 heterocycles. The lowest BCUT2D eigenvalue weighted by molar-refractivity contribution is 0.0147. The highest BCUT2D eigenvalue weighted by molar-refractivity contribution is 14.1. The summed E-state index contributed by atoms with van der Waals surface area (Å²) in [6, 6.07) is -0.0535. The normalized spacial score (nSPS) is 20.8. The molecule has 3 rings (SSSR count). The number of likely N-dealkylation sites (tertiary alicyclic amines) is 1. The molecule has 0 radical (unpaired) electrons. The molecular formula is C17H22ClIN4O3. The molecule has 0 aromatic carbocycles. The zero-order valence-electron chi connectivity index (χ0n) is 15.2. The third-order valence-corrected chi connectivity index (χ3v) is 5.29. The van der Waals surface area contributed by atoms with Gasteiger partial charge >= 0.3 is 6.09 Å². The molecule has 0 spiro atoms. The molecular weight excluding hydrogens is 471 g/mol. The Labute approximate surface area is 171 Å². The van der Waals surface area contributed by atoms with Gasteiger partial charge in [-0.25, -0.2) is 14.8 Å². The number of rotatable bonds is 3. The number of imidazole rings is 1. The van der Waals surface area contributed by atoms with Gasteiger partial charge in [-0.1, -0.05) is 11.6 Å². The molecule has 2 aromatic heterocycles. The van der Waals surface area contributed by atoms with E-state index in [0.717, 1.165) is 21.5 Å². The standard InChI is InChI=1S/C17H22ClIN4O3/c1-17(2,3)26-16(24)23-8-10(7-11(23)9-25-4)15-21-14(19)12-13(18)20-5-6-22(12)15/h5-6,10-11H,7-9H2,1-4H3/t10?,11-/m1/s1. The number of ether oxygens (including phenoxy) is 2. The summed E-state index contributed by atoms with van der Waals surface area (Å²) in [6.07, 6.45) is 3.94. The molecule has 1 aliphatic heterocycles. The summed E-state index contributed by atoms with van der Waals surface area (Å²) in [6.45, 7) is 6.58. The van der Waals surface area contributed by atoms with Crippen molar-refractivity contribution in [3.05, 3.63) is 27.1 Å². The highest BCUT2D eigenvalue weighted by atomic mass is 127. The Morgan fingerprint density at radius 3 is 2.85 bits per heavy atom. The van der Waals surface area contributed by atoms with Crippen LogP contribution in [0.15, 0.2) is 12.4 Å². The highest BCUT2D eigenvalue weighted by Gasteiger charge is 2.40. The van der Waals surface area contributed by atoms with Gasteiger partial charge in [-0.15, -0.1) is 0 Å². The van der Waals surface area contributed by atoms with Crippen LogP contribution in [0.1, 0.15) is 38.9 Å². The molecule has 9 heteroatoms. The maximum absolute atomic E-state index is 12.6. The minimum atomic E-state index is -0.540. The summed E-state index contributed by atoms with van der Waals surface area (Å²) >= 11 is 8.39. The van der Waals surface area contributed by atoms with Crippen LogP contribution in [-0.4, -0.2) is 57.3 Å². The Balaban J connectivity index is 1.91. The summed E-state index contributed by atoms with van der Waals surface area (Å²) in [5.74, 6) is 0.943. The van der Waals surface area contributed by atoms with Crippen LogP contribution in [0.5, 0.6) is 0 Å². The van der Waals surface area contributed by atoms with E-state index < -0.39 is 5.60 Å². The predicted octanol–water partition coefficient (Wildman–Crippen LogP) is 3.73. The average molecular weight is 493 g/mol. The second-order valence-electron chi connectivity index (χ2n) is 7.37. The molecule has 1 amide bonds. The van der Waals surface area contributed by atoms with Gasteiger partial charge in [-0.3, -0.25) is 4.40 Å². The van der Waals surface area contributed by atoms with E-state index in [2.05, 4.69) is 27.6 Å². The Morgan fingerprint density at radius 1 is 1.46 bits per heavy atom. The number of hydrogen-bond acceptors (Lipinski definition) is 5. The Kier molecular flexibility index (Phi) is 5.64. The van der Waals surface area contributed by atoms with Gasteiger partial charge in [0.15, 0.2) is 5.15 Å². The third-order valence-electron chi connectivity index (χ3n) is 4.26. The molecule has 1 aliphatic rings. The van der Waals surface area contributed by atoms with Crippen LogP contribution >= 0.6 is 34.2 Å². The number of fused-ring (bicyclic) bond motifs is 1. The minimum absolute atomic E-state index is 0.0535. The zero-order valence-corrected chi connectivity index (χ0v) is 18.1. The number of carbonyl (C=O) groups excluding carboxylic acids is 1. The van der Waals surface area contributed by atoms with Gasteiger partial charge < -0.3 is 14.4 Å². The van der Waals surface area contributed by atoms with Crippen molar-refractivity contribution >= 4 is 45.8 Å². The molecule has 2 atom stereocenters. The highest BCUT2D eigenvalue weighted by Crippen LogP contribution is 2.34. The molecule has 26 heavy (non-hydrogen) atoms. The average Bonchev–Trinajstić information content (AvgIpc) is 3.08. The van der Waals surface area contributed by atoms with Crippen LogP contribution in [0.25, 0.3) is 5.52 Å². The number of halogens is 2. The fourth-order valence-corrected chi connectivity index (χ4v) is 4.43. The van der Waals surface area contributed by atoms with Crippen LogP contribution in [0.3, 0.4) is 0 Å². The first kappa shape index (κ1) is 19.6. The molecule has 0 aliphatic carbocycles. The van der Waals surface area contributed by atoms with E-state index in [-0.39, 0.29) is 18.1 Å². The van der Waals surface area contributed by atoms with Crippen molar-refractivity contribution in [3.63, 3.8) is 0 Å². The van der Waals surface area contributed by atoms with Gasteiger partial charge in [-0.2, -0.15) is 0 Å². The lowest BCUT2D eigenvalue weighted by Gasteiger charge is -2.28. The van der Waals surface area contributed by atoms with Crippen LogP contribution in [0, 0.1) is 3.70 Å². The van der Waals surface area contributed by atoms with Gasteiger partial charge in [0, 0.05) is 32.0 Å². The monoisotopic (exact) mass is 492 g/mol. The number of hydrogen-bond donors (Lipinski definition) is 0. The van der Waals surface area contributed by atoms with E-state index >= 15 is 0 Å². The predicted molar refractivity (Wildman–Crippen MR) is 107 cm³/mol. The molecule has 0 saturated carbocycles. The smallest absolute Gasteiger partial charge is 0.410 e. The van der Waals surface area contributed by atoms with Gasteiger partial charge in [0.25, 0.3) is 0 Å². The fraction of sp³-hybridized carbons (Fsp3) is 0.588. The zero-order chi connectivity index (χ0) is 19.1. The van der Waals surface area contributed by atoms with Crippen molar-refractivity contribution in [2.45, 2.75) is 44.8 Å². The summed E-state index contributed by atoms with van der Waals surface area (Å²) in [4.78, 5) is 23.2. The first-order chi connectivity index (χ1) is 12.2. The van der Waals surface area contributed by atoms with Crippen LogP contribution < -0.4 is 0 Å². The lowest BCUT2D eigenvalue weighted by atomic mass is 10.1. The minimum Gasteiger partial charge on any atom is -0.444 e. The molecule has 1 fully saturated rings. The molecule has 0 bridgehead atoms. The second-order valence-corrected chi connectivity index (χ2v) is 8.75. The van der Waals surface area contributed by atoms with E-state index in [1.165, 1.54) is 0 Å². The number of amides is 1. The summed E-state index contributed by atoms with van der Waals surface area (Å²) in [7, 11) is 1.64. The molecule has 1 unspecified atom stereocenters. The SMILES string of the molecule is COC[C@H]1CC(c2nc(I)c3c(Cl)nccn23)CN1C(=O)OC(C)(C)C. The van der Waals surface area contributed by atoms with Crippen molar-refractivity contribution in [2.75, 3.05) is 20.3 Å². The maximum Gasteiger partial charge on any atom is 0.410 e. The molecule has 0 N–H and O–H groups in total. The van der Waals surface area contributed by atoms with E-state index in [9.17, 15) is 4.79 Å². The summed E-state index contributed by atoms with van der Waals surface area (Å²) in [5, 5.41) is 0.422. The van der Waals surface area contributed by atoms with Crippen LogP contribution in [0.4, 0.5) is 4.79 Å². The Bertz CT molecular complexity index is 820. The fourth-order valence-electron chi connectivity index (χ4n) is 3.27. The summed E-state index contributed by atoms with van der Waals surface area (Å²) in [5.41, 5.74) is 0.255. The van der Waals surface area contributed by atoms with Crippen LogP contribution in [-0.2, 0) is 9.47 Å². The number of nitrogens with zero attached hydrogens (tertiary/aromatic N) is 4. The first-order valence-electron chi connectivity index (χ1n) is 8.37.